The van der Waals surface area contributed by atoms with E-state index in [-0.39, 0.29) is 5.54 Å². The smallest absolute Gasteiger partial charge is 0.246 e. The summed E-state index contributed by atoms with van der Waals surface area (Å²) in [6.07, 6.45) is 9.31. The SMILES string of the molecule is CCC1CCC(c2noc(C3(N)CCCC3)n2)C1. The molecule has 2 atom stereocenters. The highest BCUT2D eigenvalue weighted by Crippen LogP contribution is 2.40. The average molecular weight is 249 g/mol. The van der Waals surface area contributed by atoms with Gasteiger partial charge in [-0.15, -0.1) is 0 Å². The molecule has 0 spiro atoms. The molecule has 0 saturated heterocycles. The number of aromatic nitrogens is 2. The number of nitrogens with two attached hydrogens (primary N) is 1. The van der Waals surface area contributed by atoms with Crippen molar-refractivity contribution in [1.82, 2.24) is 10.1 Å². The van der Waals surface area contributed by atoms with Gasteiger partial charge in [-0.25, -0.2) is 0 Å². The lowest BCUT2D eigenvalue weighted by Crippen LogP contribution is -2.33. The van der Waals surface area contributed by atoms with E-state index >= 15 is 0 Å². The highest BCUT2D eigenvalue weighted by molar-refractivity contribution is 5.07. The molecule has 3 rings (SSSR count). The quantitative estimate of drug-likeness (QED) is 0.894. The topological polar surface area (TPSA) is 64.9 Å². The monoisotopic (exact) mass is 249 g/mol. The highest BCUT2D eigenvalue weighted by atomic mass is 16.5. The molecule has 2 unspecified atom stereocenters. The van der Waals surface area contributed by atoms with E-state index in [1.807, 2.05) is 0 Å². The molecule has 1 aromatic rings. The highest BCUT2D eigenvalue weighted by Gasteiger charge is 2.38. The Kier molecular flexibility index (Phi) is 3.14. The van der Waals surface area contributed by atoms with E-state index < -0.39 is 0 Å². The van der Waals surface area contributed by atoms with E-state index in [0.29, 0.717) is 11.8 Å². The molecule has 2 aliphatic rings. The van der Waals surface area contributed by atoms with Crippen LogP contribution < -0.4 is 5.73 Å². The summed E-state index contributed by atoms with van der Waals surface area (Å²) >= 11 is 0. The Labute approximate surface area is 108 Å². The van der Waals surface area contributed by atoms with Crippen molar-refractivity contribution in [2.45, 2.75) is 69.7 Å². The minimum absolute atomic E-state index is 0.339. The summed E-state index contributed by atoms with van der Waals surface area (Å²) in [7, 11) is 0. The fraction of sp³-hybridized carbons (Fsp3) is 0.857. The predicted molar refractivity (Wildman–Crippen MR) is 69.0 cm³/mol. The van der Waals surface area contributed by atoms with Crippen LogP contribution in [0.3, 0.4) is 0 Å². The maximum atomic E-state index is 6.35. The molecule has 1 heterocycles. The van der Waals surface area contributed by atoms with Crippen molar-refractivity contribution in [3.05, 3.63) is 11.7 Å². The van der Waals surface area contributed by atoms with Crippen molar-refractivity contribution in [3.63, 3.8) is 0 Å². The van der Waals surface area contributed by atoms with Crippen LogP contribution in [-0.2, 0) is 5.54 Å². The molecular formula is C14H23N3O. The first kappa shape index (κ1) is 12.2. The summed E-state index contributed by atoms with van der Waals surface area (Å²) in [6.45, 7) is 2.27. The van der Waals surface area contributed by atoms with Crippen LogP contribution in [0.4, 0.5) is 0 Å². The van der Waals surface area contributed by atoms with E-state index in [9.17, 15) is 0 Å². The van der Waals surface area contributed by atoms with Gasteiger partial charge in [0.1, 0.15) is 0 Å². The number of hydrogen-bond donors (Lipinski definition) is 1. The second-order valence-corrected chi connectivity index (χ2v) is 6.11. The summed E-state index contributed by atoms with van der Waals surface area (Å²) in [5.74, 6) is 2.92. The zero-order valence-corrected chi connectivity index (χ0v) is 11.2. The molecule has 2 saturated carbocycles. The Bertz CT molecular complexity index is 409. The first-order valence-electron chi connectivity index (χ1n) is 7.34. The zero-order valence-electron chi connectivity index (χ0n) is 11.2. The van der Waals surface area contributed by atoms with Gasteiger partial charge < -0.3 is 10.3 Å². The van der Waals surface area contributed by atoms with Crippen LogP contribution in [-0.4, -0.2) is 10.1 Å². The molecule has 2 fully saturated rings. The van der Waals surface area contributed by atoms with Gasteiger partial charge in [0, 0.05) is 5.92 Å². The normalized spacial score (nSPS) is 31.0. The first-order chi connectivity index (χ1) is 8.71. The molecule has 100 valence electrons. The van der Waals surface area contributed by atoms with Crippen molar-refractivity contribution < 1.29 is 4.52 Å². The lowest BCUT2D eigenvalue weighted by atomic mass is 9.99. The Morgan fingerprint density at radius 1 is 1.33 bits per heavy atom. The van der Waals surface area contributed by atoms with Crippen molar-refractivity contribution in [3.8, 4) is 0 Å². The van der Waals surface area contributed by atoms with Gasteiger partial charge in [0.15, 0.2) is 5.82 Å². The van der Waals surface area contributed by atoms with Crippen molar-refractivity contribution >= 4 is 0 Å². The molecule has 4 heteroatoms. The Hall–Kier alpha value is -0.900. The Morgan fingerprint density at radius 3 is 2.78 bits per heavy atom. The molecule has 2 aliphatic carbocycles. The molecule has 4 nitrogen and oxygen atoms in total. The van der Waals surface area contributed by atoms with Gasteiger partial charge in [0.25, 0.3) is 0 Å². The molecule has 1 aromatic heterocycles. The number of hydrogen-bond acceptors (Lipinski definition) is 4. The van der Waals surface area contributed by atoms with Gasteiger partial charge in [0.05, 0.1) is 5.54 Å². The van der Waals surface area contributed by atoms with Crippen LogP contribution in [0.25, 0.3) is 0 Å². The van der Waals surface area contributed by atoms with Crippen LogP contribution in [0.15, 0.2) is 4.52 Å². The minimum atomic E-state index is -0.339. The number of rotatable bonds is 3. The minimum Gasteiger partial charge on any atom is -0.337 e. The largest absolute Gasteiger partial charge is 0.337 e. The fourth-order valence-corrected chi connectivity index (χ4v) is 3.50. The standard InChI is InChI=1S/C14H23N3O/c1-2-10-5-6-11(9-10)12-16-13(18-17-12)14(15)7-3-4-8-14/h10-11H,2-9,15H2,1H3. The van der Waals surface area contributed by atoms with Crippen LogP contribution in [0.1, 0.15) is 75.9 Å². The predicted octanol–water partition coefficient (Wildman–Crippen LogP) is 3.09. The molecule has 0 radical (unpaired) electrons. The average Bonchev–Trinajstić information content (AvgIpc) is 3.08. The van der Waals surface area contributed by atoms with Gasteiger partial charge in [0.2, 0.25) is 5.89 Å². The lowest BCUT2D eigenvalue weighted by molar-refractivity contribution is 0.283. The summed E-state index contributed by atoms with van der Waals surface area (Å²) < 4.78 is 5.45. The Balaban J connectivity index is 1.74. The first-order valence-corrected chi connectivity index (χ1v) is 7.34. The molecule has 0 amide bonds. The van der Waals surface area contributed by atoms with Crippen LogP contribution in [0.5, 0.6) is 0 Å². The third-order valence-electron chi connectivity index (χ3n) is 4.85. The summed E-state index contributed by atoms with van der Waals surface area (Å²) in [6, 6.07) is 0. The molecule has 18 heavy (non-hydrogen) atoms. The lowest BCUT2D eigenvalue weighted by Gasteiger charge is -2.17. The van der Waals surface area contributed by atoms with E-state index in [4.69, 9.17) is 10.3 Å². The van der Waals surface area contributed by atoms with Gasteiger partial charge in [-0.3, -0.25) is 0 Å². The maximum absolute atomic E-state index is 6.35. The van der Waals surface area contributed by atoms with E-state index in [1.165, 1.54) is 38.5 Å². The van der Waals surface area contributed by atoms with Gasteiger partial charge in [-0.2, -0.15) is 4.98 Å². The third-order valence-corrected chi connectivity index (χ3v) is 4.85. The zero-order chi connectivity index (χ0) is 12.6. The second-order valence-electron chi connectivity index (χ2n) is 6.11. The third kappa shape index (κ3) is 2.07. The molecular weight excluding hydrogens is 226 g/mol. The van der Waals surface area contributed by atoms with Gasteiger partial charge >= 0.3 is 0 Å². The van der Waals surface area contributed by atoms with Crippen LogP contribution >= 0.6 is 0 Å². The molecule has 0 aromatic carbocycles. The summed E-state index contributed by atoms with van der Waals surface area (Å²) in [5, 5.41) is 4.19. The van der Waals surface area contributed by atoms with Crippen LogP contribution in [0, 0.1) is 5.92 Å². The van der Waals surface area contributed by atoms with Crippen molar-refractivity contribution in [2.75, 3.05) is 0 Å². The van der Waals surface area contributed by atoms with E-state index in [1.54, 1.807) is 0 Å². The summed E-state index contributed by atoms with van der Waals surface area (Å²) in [5.41, 5.74) is 6.01. The Morgan fingerprint density at radius 2 is 2.11 bits per heavy atom. The van der Waals surface area contributed by atoms with E-state index in [2.05, 4.69) is 17.1 Å². The second kappa shape index (κ2) is 4.65. The summed E-state index contributed by atoms with van der Waals surface area (Å²) in [4.78, 5) is 4.61. The molecule has 0 bridgehead atoms. The fourth-order valence-electron chi connectivity index (χ4n) is 3.50. The van der Waals surface area contributed by atoms with Gasteiger partial charge in [-0.05, 0) is 38.0 Å². The number of nitrogens with zero attached hydrogens (tertiary/aromatic N) is 2. The van der Waals surface area contributed by atoms with Gasteiger partial charge in [-0.1, -0.05) is 31.3 Å². The molecule has 0 aliphatic heterocycles. The van der Waals surface area contributed by atoms with Crippen molar-refractivity contribution in [1.29, 1.82) is 0 Å². The molecule has 2 N–H and O–H groups in total. The van der Waals surface area contributed by atoms with E-state index in [0.717, 1.165) is 24.6 Å². The maximum Gasteiger partial charge on any atom is 0.246 e. The van der Waals surface area contributed by atoms with Crippen LogP contribution in [0.2, 0.25) is 0 Å². The van der Waals surface area contributed by atoms with Crippen molar-refractivity contribution in [2.24, 2.45) is 11.7 Å².